The predicted octanol–water partition coefficient (Wildman–Crippen LogP) is 7.84. The van der Waals surface area contributed by atoms with Crippen LogP contribution in [0.25, 0.3) is 10.4 Å². The van der Waals surface area contributed by atoms with E-state index in [1.807, 2.05) is 20.8 Å². The minimum absolute atomic E-state index is 0.0685. The molecule has 1 amide bonds. The van der Waals surface area contributed by atoms with Crippen LogP contribution in [-0.4, -0.2) is 83.4 Å². The highest BCUT2D eigenvalue weighted by molar-refractivity contribution is 5.75. The van der Waals surface area contributed by atoms with Gasteiger partial charge in [0, 0.05) is 30.8 Å². The molecule has 0 aromatic rings. The minimum Gasteiger partial charge on any atom is -0.460 e. The van der Waals surface area contributed by atoms with E-state index in [0.29, 0.717) is 78.8 Å². The Morgan fingerprint density at radius 3 is 1.38 bits per heavy atom. The third-order valence-electron chi connectivity index (χ3n) is 7.04. The molecule has 0 fully saturated rings. The van der Waals surface area contributed by atoms with E-state index >= 15 is 0 Å². The molecule has 0 rings (SSSR count). The molecule has 0 atom stereocenters. The van der Waals surface area contributed by atoms with Crippen molar-refractivity contribution in [1.82, 2.24) is 5.32 Å². The number of esters is 1. The van der Waals surface area contributed by atoms with Crippen LogP contribution < -0.4 is 5.32 Å². The monoisotopic (exact) mass is 642 g/mol. The number of hydrogen-bond donors (Lipinski definition) is 1. The van der Waals surface area contributed by atoms with E-state index < -0.39 is 0 Å². The first-order valence-corrected chi connectivity index (χ1v) is 17.7. The fraction of sp³-hybridized carbons (Fsp3) is 0.941. The fourth-order valence-corrected chi connectivity index (χ4v) is 4.69. The van der Waals surface area contributed by atoms with Crippen LogP contribution in [0.15, 0.2) is 5.11 Å². The van der Waals surface area contributed by atoms with E-state index in [-0.39, 0.29) is 17.5 Å². The molecule has 264 valence electrons. The minimum atomic E-state index is -0.372. The lowest BCUT2D eigenvalue weighted by atomic mass is 10.0. The van der Waals surface area contributed by atoms with Crippen molar-refractivity contribution >= 4 is 11.9 Å². The quantitative estimate of drug-likeness (QED) is 0.0248. The van der Waals surface area contributed by atoms with Gasteiger partial charge >= 0.3 is 5.97 Å². The third kappa shape index (κ3) is 38.2. The fourth-order valence-electron chi connectivity index (χ4n) is 4.69. The van der Waals surface area contributed by atoms with E-state index in [1.54, 1.807) is 0 Å². The number of carbonyl (C=O) groups is 2. The largest absolute Gasteiger partial charge is 0.460 e. The molecule has 0 unspecified atom stereocenters. The molecule has 0 aliphatic heterocycles. The van der Waals surface area contributed by atoms with Gasteiger partial charge in [0.1, 0.15) is 5.60 Å². The zero-order chi connectivity index (χ0) is 33.1. The van der Waals surface area contributed by atoms with Crippen molar-refractivity contribution in [2.24, 2.45) is 5.11 Å². The van der Waals surface area contributed by atoms with E-state index in [2.05, 4.69) is 15.3 Å². The van der Waals surface area contributed by atoms with Crippen LogP contribution in [0, 0.1) is 0 Å². The van der Waals surface area contributed by atoms with Gasteiger partial charge in [-0.15, -0.1) is 0 Å². The lowest BCUT2D eigenvalue weighted by Crippen LogP contribution is -2.27. The average molecular weight is 643 g/mol. The van der Waals surface area contributed by atoms with Gasteiger partial charge in [0.2, 0.25) is 5.91 Å². The van der Waals surface area contributed by atoms with Crippen molar-refractivity contribution in [1.29, 1.82) is 0 Å². The van der Waals surface area contributed by atoms with Crippen LogP contribution in [0.5, 0.6) is 0 Å². The van der Waals surface area contributed by atoms with Gasteiger partial charge in [0.15, 0.2) is 0 Å². The van der Waals surface area contributed by atoms with Crippen molar-refractivity contribution in [3.63, 3.8) is 0 Å². The second kappa shape index (κ2) is 33.5. The number of unbranched alkanes of at least 4 members (excludes halogenated alkanes) is 15. The van der Waals surface area contributed by atoms with E-state index in [0.717, 1.165) is 25.7 Å². The van der Waals surface area contributed by atoms with E-state index in [9.17, 15) is 9.59 Å². The Labute approximate surface area is 273 Å². The summed E-state index contributed by atoms with van der Waals surface area (Å²) in [5, 5.41) is 6.30. The highest BCUT2D eigenvalue weighted by atomic mass is 16.6. The van der Waals surface area contributed by atoms with Gasteiger partial charge < -0.3 is 29.0 Å². The first kappa shape index (κ1) is 43.1. The van der Waals surface area contributed by atoms with Crippen LogP contribution in [-0.2, 0) is 33.3 Å². The average Bonchev–Trinajstić information content (AvgIpc) is 2.99. The van der Waals surface area contributed by atoms with Crippen molar-refractivity contribution in [2.75, 3.05) is 65.9 Å². The van der Waals surface area contributed by atoms with Gasteiger partial charge in [-0.1, -0.05) is 95.0 Å². The second-order valence-electron chi connectivity index (χ2n) is 12.5. The summed E-state index contributed by atoms with van der Waals surface area (Å²) in [6.07, 6.45) is 20.9. The normalized spacial score (nSPS) is 11.4. The number of carbonyl (C=O) groups excluding carboxylic acids is 2. The second-order valence-corrected chi connectivity index (χ2v) is 12.5. The zero-order valence-corrected chi connectivity index (χ0v) is 29.0. The van der Waals surface area contributed by atoms with Gasteiger partial charge in [-0.25, -0.2) is 0 Å². The maximum absolute atomic E-state index is 12.0. The molecule has 0 radical (unpaired) electrons. The van der Waals surface area contributed by atoms with Crippen LogP contribution in [0.2, 0.25) is 0 Å². The summed E-state index contributed by atoms with van der Waals surface area (Å²) in [6.45, 7) is 10.4. The first-order chi connectivity index (χ1) is 21.8. The van der Waals surface area contributed by atoms with E-state index in [1.165, 1.54) is 77.0 Å². The molecule has 0 bridgehead atoms. The summed E-state index contributed by atoms with van der Waals surface area (Å²) in [7, 11) is 0. The molecular formula is C34H66N4O7. The Morgan fingerprint density at radius 1 is 0.578 bits per heavy atom. The number of ether oxygens (including phenoxy) is 5. The Hall–Kier alpha value is -1.91. The summed E-state index contributed by atoms with van der Waals surface area (Å²) < 4.78 is 26.9. The lowest BCUT2D eigenvalue weighted by molar-refractivity contribution is -0.154. The number of azide groups is 1. The molecule has 0 saturated carbocycles. The summed E-state index contributed by atoms with van der Waals surface area (Å²) in [4.78, 5) is 26.3. The first-order valence-electron chi connectivity index (χ1n) is 17.7. The van der Waals surface area contributed by atoms with E-state index in [4.69, 9.17) is 29.2 Å². The van der Waals surface area contributed by atoms with Crippen LogP contribution >= 0.6 is 0 Å². The van der Waals surface area contributed by atoms with Gasteiger partial charge in [0.05, 0.1) is 52.9 Å². The SMILES string of the molecule is CC(C)(C)OC(=O)CCCCCCCCCCCCCCCCCCC(=O)NCCOCCOCCOCCOCCN=[N+]=[N-]. The molecule has 0 saturated heterocycles. The molecule has 11 heteroatoms. The molecule has 0 aromatic heterocycles. The topological polar surface area (TPSA) is 141 Å². The summed E-state index contributed by atoms with van der Waals surface area (Å²) >= 11 is 0. The molecule has 1 N–H and O–H groups in total. The van der Waals surface area contributed by atoms with Crippen molar-refractivity contribution in [3.05, 3.63) is 10.4 Å². The van der Waals surface area contributed by atoms with Crippen molar-refractivity contribution in [3.8, 4) is 0 Å². The highest BCUT2D eigenvalue weighted by Gasteiger charge is 2.15. The summed E-state index contributed by atoms with van der Waals surface area (Å²) in [5.74, 6) is 0.0352. The Bertz CT molecular complexity index is 728. The molecule has 0 aliphatic rings. The number of rotatable bonds is 34. The van der Waals surface area contributed by atoms with Crippen LogP contribution in [0.3, 0.4) is 0 Å². The van der Waals surface area contributed by atoms with Gasteiger partial charge in [-0.05, 0) is 39.1 Å². The molecule has 0 heterocycles. The van der Waals surface area contributed by atoms with Gasteiger partial charge in [-0.2, -0.15) is 0 Å². The molecule has 45 heavy (non-hydrogen) atoms. The molecule has 11 nitrogen and oxygen atoms in total. The molecular weight excluding hydrogens is 576 g/mol. The number of amides is 1. The number of nitrogens with zero attached hydrogens (tertiary/aromatic N) is 3. The molecule has 0 spiro atoms. The predicted molar refractivity (Wildman–Crippen MR) is 179 cm³/mol. The maximum atomic E-state index is 12.0. The lowest BCUT2D eigenvalue weighted by Gasteiger charge is -2.19. The Kier molecular flexibility index (Phi) is 32.0. The van der Waals surface area contributed by atoms with Gasteiger partial charge in [0.25, 0.3) is 0 Å². The number of nitrogens with one attached hydrogen (secondary N) is 1. The number of hydrogen-bond acceptors (Lipinski definition) is 8. The maximum Gasteiger partial charge on any atom is 0.306 e. The van der Waals surface area contributed by atoms with Crippen LogP contribution in [0.4, 0.5) is 0 Å². The van der Waals surface area contributed by atoms with Crippen molar-refractivity contribution in [2.45, 2.75) is 142 Å². The smallest absolute Gasteiger partial charge is 0.306 e. The summed E-state index contributed by atoms with van der Waals surface area (Å²) in [5.41, 5.74) is 7.77. The third-order valence-corrected chi connectivity index (χ3v) is 7.04. The van der Waals surface area contributed by atoms with Crippen molar-refractivity contribution < 1.29 is 33.3 Å². The molecule has 0 aromatic carbocycles. The highest BCUT2D eigenvalue weighted by Crippen LogP contribution is 2.15. The summed E-state index contributed by atoms with van der Waals surface area (Å²) in [6, 6.07) is 0. The van der Waals surface area contributed by atoms with Crippen LogP contribution in [0.1, 0.15) is 136 Å². The molecule has 0 aliphatic carbocycles. The Balaban J connectivity index is 3.21. The van der Waals surface area contributed by atoms with Gasteiger partial charge in [-0.3, -0.25) is 9.59 Å². The zero-order valence-electron chi connectivity index (χ0n) is 29.0. The Morgan fingerprint density at radius 2 is 0.956 bits per heavy atom. The standard InChI is InChI=1S/C34H66N4O7/c1-34(2,3)45-33(40)21-19-17-15-13-11-9-7-5-4-6-8-10-12-14-16-18-20-32(39)36-22-24-41-26-28-43-30-31-44-29-27-42-25-23-37-38-35/h4-31H2,1-3H3,(H,36,39).